The van der Waals surface area contributed by atoms with Gasteiger partial charge in [0.2, 0.25) is 5.91 Å². The Hall–Kier alpha value is -1.07. The number of nitrogens with zero attached hydrogens (tertiary/aromatic N) is 1. The van der Waals surface area contributed by atoms with Crippen molar-refractivity contribution in [1.82, 2.24) is 10.2 Å². The summed E-state index contributed by atoms with van der Waals surface area (Å²) in [5.41, 5.74) is 0. The number of nitrogens with one attached hydrogen (secondary N) is 1. The van der Waals surface area contributed by atoms with E-state index in [9.17, 15) is 4.79 Å². The van der Waals surface area contributed by atoms with Gasteiger partial charge < -0.3 is 15.0 Å². The Bertz CT molecular complexity index is 402. The van der Waals surface area contributed by atoms with Crippen molar-refractivity contribution in [3.8, 4) is 5.75 Å². The number of carbonyl (C=O) groups excluding carboxylic acids is 1. The molecular weight excluding hydrogens is 308 g/mol. The second-order valence-corrected chi connectivity index (χ2v) is 5.48. The molecule has 0 aliphatic carbocycles. The zero-order chi connectivity index (χ0) is 13.5. The summed E-state index contributed by atoms with van der Waals surface area (Å²) in [7, 11) is 0. The molecule has 1 aliphatic heterocycles. The van der Waals surface area contributed by atoms with Crippen LogP contribution in [0, 0.1) is 0 Å². The molecular formula is C14H19BrN2O2. The summed E-state index contributed by atoms with van der Waals surface area (Å²) >= 11 is 3.38. The average Bonchev–Trinajstić information content (AvgIpc) is 2.94. The molecule has 5 heteroatoms. The maximum absolute atomic E-state index is 11.7. The minimum atomic E-state index is 0.196. The van der Waals surface area contributed by atoms with Gasteiger partial charge >= 0.3 is 0 Å². The molecule has 0 bridgehead atoms. The number of likely N-dealkylation sites (tertiary alicyclic amines) is 1. The first-order valence-corrected chi connectivity index (χ1v) is 7.42. The summed E-state index contributed by atoms with van der Waals surface area (Å²) < 4.78 is 6.60. The van der Waals surface area contributed by atoms with E-state index in [1.54, 1.807) is 0 Å². The maximum Gasteiger partial charge on any atom is 0.236 e. The highest BCUT2D eigenvalue weighted by molar-refractivity contribution is 9.10. The van der Waals surface area contributed by atoms with Gasteiger partial charge in [0, 0.05) is 24.1 Å². The molecule has 0 aromatic heterocycles. The summed E-state index contributed by atoms with van der Waals surface area (Å²) in [5, 5.41) is 3.12. The molecule has 0 saturated carbocycles. The molecule has 19 heavy (non-hydrogen) atoms. The highest BCUT2D eigenvalue weighted by Gasteiger charge is 2.16. The Balaban J connectivity index is 1.56. The molecule has 2 rings (SSSR count). The molecule has 0 unspecified atom stereocenters. The normalized spacial score (nSPS) is 14.7. The van der Waals surface area contributed by atoms with Crippen molar-refractivity contribution < 1.29 is 9.53 Å². The molecule has 1 fully saturated rings. The number of hydrogen-bond donors (Lipinski definition) is 1. The molecule has 1 aromatic rings. The Kier molecular flexibility index (Phi) is 5.66. The van der Waals surface area contributed by atoms with Crippen molar-refractivity contribution >= 4 is 21.8 Å². The van der Waals surface area contributed by atoms with E-state index in [1.807, 2.05) is 29.2 Å². The van der Waals surface area contributed by atoms with Crippen LogP contribution in [0.4, 0.5) is 0 Å². The first-order valence-electron chi connectivity index (χ1n) is 6.62. The number of hydrogen-bond acceptors (Lipinski definition) is 3. The van der Waals surface area contributed by atoms with E-state index in [4.69, 9.17) is 4.74 Å². The van der Waals surface area contributed by atoms with Gasteiger partial charge in [0.1, 0.15) is 12.4 Å². The molecule has 1 aliphatic rings. The van der Waals surface area contributed by atoms with E-state index in [2.05, 4.69) is 21.2 Å². The van der Waals surface area contributed by atoms with Crippen molar-refractivity contribution in [2.24, 2.45) is 0 Å². The van der Waals surface area contributed by atoms with Crippen LogP contribution in [0.25, 0.3) is 0 Å². The zero-order valence-electron chi connectivity index (χ0n) is 10.9. The highest BCUT2D eigenvalue weighted by Crippen LogP contribution is 2.15. The van der Waals surface area contributed by atoms with Crippen LogP contribution in [0.3, 0.4) is 0 Å². The van der Waals surface area contributed by atoms with E-state index < -0.39 is 0 Å². The highest BCUT2D eigenvalue weighted by atomic mass is 79.9. The van der Waals surface area contributed by atoms with Gasteiger partial charge in [-0.1, -0.05) is 15.9 Å². The van der Waals surface area contributed by atoms with Crippen LogP contribution in [0.15, 0.2) is 28.7 Å². The van der Waals surface area contributed by atoms with Gasteiger partial charge in [-0.3, -0.25) is 4.79 Å². The molecule has 1 saturated heterocycles. The Morgan fingerprint density at radius 2 is 1.95 bits per heavy atom. The minimum absolute atomic E-state index is 0.196. The molecule has 1 amide bonds. The standard InChI is InChI=1S/C14H19BrN2O2/c15-12-3-5-13(6-4-12)19-10-7-16-11-14(18)17-8-1-2-9-17/h3-6,16H,1-2,7-11H2. The topological polar surface area (TPSA) is 41.6 Å². The third kappa shape index (κ3) is 4.84. The molecule has 1 N–H and O–H groups in total. The largest absolute Gasteiger partial charge is 0.492 e. The van der Waals surface area contributed by atoms with E-state index in [0.29, 0.717) is 19.7 Å². The number of amides is 1. The third-order valence-electron chi connectivity index (χ3n) is 3.10. The SMILES string of the molecule is O=C(CNCCOc1ccc(Br)cc1)N1CCCC1. The van der Waals surface area contributed by atoms with E-state index in [0.717, 1.165) is 36.2 Å². The summed E-state index contributed by atoms with van der Waals surface area (Å²) in [6.07, 6.45) is 2.27. The van der Waals surface area contributed by atoms with Crippen molar-refractivity contribution in [1.29, 1.82) is 0 Å². The Labute approximate surface area is 122 Å². The Morgan fingerprint density at radius 1 is 1.26 bits per heavy atom. The number of benzene rings is 1. The molecule has 1 heterocycles. The lowest BCUT2D eigenvalue weighted by molar-refractivity contribution is -0.129. The van der Waals surface area contributed by atoms with Crippen LogP contribution < -0.4 is 10.1 Å². The fourth-order valence-electron chi connectivity index (χ4n) is 2.05. The van der Waals surface area contributed by atoms with Crippen LogP contribution in [0.2, 0.25) is 0 Å². The molecule has 0 radical (unpaired) electrons. The van der Waals surface area contributed by atoms with E-state index >= 15 is 0 Å². The van der Waals surface area contributed by atoms with Crippen LogP contribution in [0.5, 0.6) is 5.75 Å². The fraction of sp³-hybridized carbons (Fsp3) is 0.500. The molecule has 0 atom stereocenters. The number of ether oxygens (including phenoxy) is 1. The summed E-state index contributed by atoms with van der Waals surface area (Å²) in [4.78, 5) is 13.7. The lowest BCUT2D eigenvalue weighted by Crippen LogP contribution is -2.37. The average molecular weight is 327 g/mol. The monoisotopic (exact) mass is 326 g/mol. The van der Waals surface area contributed by atoms with Gasteiger partial charge in [0.05, 0.1) is 6.54 Å². The molecule has 1 aromatic carbocycles. The van der Waals surface area contributed by atoms with Crippen molar-refractivity contribution in [3.63, 3.8) is 0 Å². The van der Waals surface area contributed by atoms with Crippen LogP contribution in [-0.4, -0.2) is 43.6 Å². The quantitative estimate of drug-likeness (QED) is 0.813. The Morgan fingerprint density at radius 3 is 2.63 bits per heavy atom. The van der Waals surface area contributed by atoms with E-state index in [1.165, 1.54) is 0 Å². The van der Waals surface area contributed by atoms with Crippen molar-refractivity contribution in [2.75, 3.05) is 32.8 Å². The van der Waals surface area contributed by atoms with E-state index in [-0.39, 0.29) is 5.91 Å². The zero-order valence-corrected chi connectivity index (χ0v) is 12.5. The van der Waals surface area contributed by atoms with Gasteiger partial charge in [-0.2, -0.15) is 0 Å². The lowest BCUT2D eigenvalue weighted by atomic mass is 10.3. The number of rotatable bonds is 6. The predicted octanol–water partition coefficient (Wildman–Crippen LogP) is 2.04. The first kappa shape index (κ1) is 14.3. The number of halogens is 1. The minimum Gasteiger partial charge on any atom is -0.492 e. The maximum atomic E-state index is 11.7. The summed E-state index contributed by atoms with van der Waals surface area (Å²) in [6, 6.07) is 7.72. The second-order valence-electron chi connectivity index (χ2n) is 4.57. The van der Waals surface area contributed by atoms with Crippen molar-refractivity contribution in [3.05, 3.63) is 28.7 Å². The first-order chi connectivity index (χ1) is 9.25. The molecule has 4 nitrogen and oxygen atoms in total. The van der Waals surface area contributed by atoms with Crippen LogP contribution >= 0.6 is 15.9 Å². The fourth-order valence-corrected chi connectivity index (χ4v) is 2.31. The van der Waals surface area contributed by atoms with Gasteiger partial charge in [0.25, 0.3) is 0 Å². The smallest absolute Gasteiger partial charge is 0.236 e. The third-order valence-corrected chi connectivity index (χ3v) is 3.62. The van der Waals surface area contributed by atoms with Crippen molar-refractivity contribution in [2.45, 2.75) is 12.8 Å². The van der Waals surface area contributed by atoms with Crippen LogP contribution in [-0.2, 0) is 4.79 Å². The van der Waals surface area contributed by atoms with Gasteiger partial charge in [0.15, 0.2) is 0 Å². The molecule has 0 spiro atoms. The second kappa shape index (κ2) is 7.50. The predicted molar refractivity (Wildman–Crippen MR) is 78.3 cm³/mol. The molecule has 104 valence electrons. The number of carbonyl (C=O) groups is 1. The van der Waals surface area contributed by atoms with Gasteiger partial charge in [-0.05, 0) is 37.1 Å². The van der Waals surface area contributed by atoms with Crippen LogP contribution in [0.1, 0.15) is 12.8 Å². The van der Waals surface area contributed by atoms with Gasteiger partial charge in [-0.15, -0.1) is 0 Å². The lowest BCUT2D eigenvalue weighted by Gasteiger charge is -2.15. The van der Waals surface area contributed by atoms with Gasteiger partial charge in [-0.25, -0.2) is 0 Å². The summed E-state index contributed by atoms with van der Waals surface area (Å²) in [6.45, 7) is 3.47. The summed E-state index contributed by atoms with van der Waals surface area (Å²) in [5.74, 6) is 1.04.